The van der Waals surface area contributed by atoms with Gasteiger partial charge in [-0.2, -0.15) is 0 Å². The third-order valence-electron chi connectivity index (χ3n) is 9.85. The zero-order chi connectivity index (χ0) is 36.1. The summed E-state index contributed by atoms with van der Waals surface area (Å²) in [6.45, 7) is 11.5. The first-order chi connectivity index (χ1) is 25.3. The van der Waals surface area contributed by atoms with E-state index in [0.717, 1.165) is 62.9 Å². The molecule has 1 radical (unpaired) electrons. The maximum Gasteiger partial charge on any atom is 0.121 e. The molecule has 0 aliphatic carbocycles. The van der Waals surface area contributed by atoms with E-state index in [9.17, 15) is 0 Å². The fourth-order valence-corrected chi connectivity index (χ4v) is 7.80. The molecule has 8 aromatic rings. The van der Waals surface area contributed by atoms with Crippen molar-refractivity contribution < 1.29 is 24.5 Å². The SMILES string of the molecule is CCC(CC)c1ccnc(-c2[c-]ccc3c2oc2cc(-c4ccccc4)ccc23)c1.C[Si](C)(C)c1ccc(-c2[c-]ccc(-c3ccccc3)c2)nc1.[Ir]. The Morgan fingerprint density at radius 2 is 1.30 bits per heavy atom. The third-order valence-corrected chi connectivity index (χ3v) is 11.9. The molecule has 5 heteroatoms. The third kappa shape index (κ3) is 8.50. The van der Waals surface area contributed by atoms with Crippen LogP contribution < -0.4 is 5.19 Å². The Balaban J connectivity index is 0.000000187. The van der Waals surface area contributed by atoms with Gasteiger partial charge in [0.15, 0.2) is 0 Å². The van der Waals surface area contributed by atoms with E-state index in [1.807, 2.05) is 36.7 Å². The van der Waals surface area contributed by atoms with E-state index in [-0.39, 0.29) is 20.1 Å². The number of benzene rings is 5. The van der Waals surface area contributed by atoms with Crippen LogP contribution in [0, 0.1) is 12.1 Å². The van der Waals surface area contributed by atoms with Crippen LogP contribution in [0.1, 0.15) is 38.2 Å². The number of nitrogens with zero attached hydrogens (tertiary/aromatic N) is 2. The minimum absolute atomic E-state index is 0. The minimum atomic E-state index is -1.29. The fraction of sp³-hybridized carbons (Fsp3) is 0.167. The molecule has 0 bridgehead atoms. The molecule has 0 aliphatic rings. The number of furan rings is 1. The van der Waals surface area contributed by atoms with Gasteiger partial charge in [-0.15, -0.1) is 53.6 Å². The van der Waals surface area contributed by atoms with Gasteiger partial charge in [0.05, 0.1) is 13.7 Å². The molecule has 0 N–H and O–H groups in total. The summed E-state index contributed by atoms with van der Waals surface area (Å²) in [7, 11) is -1.29. The average Bonchev–Trinajstić information content (AvgIpc) is 3.57. The smallest absolute Gasteiger partial charge is 0.121 e. The Bertz CT molecular complexity index is 2410. The zero-order valence-corrected chi connectivity index (χ0v) is 34.4. The molecule has 0 saturated heterocycles. The van der Waals surface area contributed by atoms with Gasteiger partial charge >= 0.3 is 0 Å². The van der Waals surface area contributed by atoms with E-state index in [1.165, 1.54) is 27.4 Å². The van der Waals surface area contributed by atoms with Crippen molar-refractivity contribution in [2.45, 2.75) is 52.2 Å². The first-order valence-electron chi connectivity index (χ1n) is 18.2. The second-order valence-corrected chi connectivity index (χ2v) is 19.4. The molecular weight excluding hydrogens is 841 g/mol. The topological polar surface area (TPSA) is 38.9 Å². The molecule has 53 heavy (non-hydrogen) atoms. The number of rotatable bonds is 8. The molecular formula is C48H44IrN2OSi-2. The maximum absolute atomic E-state index is 6.38. The van der Waals surface area contributed by atoms with Crippen molar-refractivity contribution in [3.63, 3.8) is 0 Å². The Morgan fingerprint density at radius 3 is 1.94 bits per heavy atom. The van der Waals surface area contributed by atoms with Crippen molar-refractivity contribution in [2.24, 2.45) is 0 Å². The van der Waals surface area contributed by atoms with Gasteiger partial charge in [-0.3, -0.25) is 0 Å². The Labute approximate surface area is 328 Å². The minimum Gasteiger partial charge on any atom is -0.501 e. The molecule has 0 unspecified atom stereocenters. The normalized spacial score (nSPS) is 11.3. The number of pyridine rings is 2. The van der Waals surface area contributed by atoms with E-state index in [1.54, 1.807) is 0 Å². The predicted molar refractivity (Wildman–Crippen MR) is 221 cm³/mol. The van der Waals surface area contributed by atoms with Crippen molar-refractivity contribution in [1.82, 2.24) is 9.97 Å². The summed E-state index contributed by atoms with van der Waals surface area (Å²) in [6, 6.07) is 52.9. The molecule has 0 atom stereocenters. The van der Waals surface area contributed by atoms with E-state index >= 15 is 0 Å². The van der Waals surface area contributed by atoms with Crippen molar-refractivity contribution in [2.75, 3.05) is 0 Å². The van der Waals surface area contributed by atoms with E-state index in [2.05, 4.69) is 165 Å². The van der Waals surface area contributed by atoms with Crippen molar-refractivity contribution in [3.8, 4) is 44.8 Å². The molecule has 0 fully saturated rings. The quantitative estimate of drug-likeness (QED) is 0.113. The summed E-state index contributed by atoms with van der Waals surface area (Å²) in [4.78, 5) is 9.31. The molecule has 0 spiro atoms. The van der Waals surface area contributed by atoms with Gasteiger partial charge in [0.2, 0.25) is 0 Å². The van der Waals surface area contributed by atoms with E-state index < -0.39 is 8.07 Å². The van der Waals surface area contributed by atoms with Gasteiger partial charge in [-0.25, -0.2) is 0 Å². The van der Waals surface area contributed by atoms with Crippen LogP contribution in [0.3, 0.4) is 0 Å². The predicted octanol–water partition coefficient (Wildman–Crippen LogP) is 12.8. The largest absolute Gasteiger partial charge is 0.501 e. The molecule has 0 saturated carbocycles. The monoisotopic (exact) mass is 885 g/mol. The van der Waals surface area contributed by atoms with Gasteiger partial charge in [-0.05, 0) is 64.2 Å². The van der Waals surface area contributed by atoms with Crippen molar-refractivity contribution in [3.05, 3.63) is 164 Å². The van der Waals surface area contributed by atoms with Gasteiger partial charge in [0.25, 0.3) is 0 Å². The molecule has 8 rings (SSSR count). The van der Waals surface area contributed by atoms with Crippen molar-refractivity contribution in [1.29, 1.82) is 0 Å². The number of hydrogen-bond acceptors (Lipinski definition) is 3. The fourth-order valence-electron chi connectivity index (χ4n) is 6.76. The van der Waals surface area contributed by atoms with Crippen LogP contribution in [0.25, 0.3) is 66.7 Å². The van der Waals surface area contributed by atoms with Crippen LogP contribution in [0.15, 0.2) is 150 Å². The van der Waals surface area contributed by atoms with Gasteiger partial charge in [0, 0.05) is 37.9 Å². The maximum atomic E-state index is 6.38. The van der Waals surface area contributed by atoms with Crippen LogP contribution in [0.4, 0.5) is 0 Å². The second-order valence-electron chi connectivity index (χ2n) is 14.3. The van der Waals surface area contributed by atoms with Crippen molar-refractivity contribution >= 4 is 35.2 Å². The van der Waals surface area contributed by atoms with Crippen LogP contribution in [-0.2, 0) is 20.1 Å². The summed E-state index contributed by atoms with van der Waals surface area (Å²) < 4.78 is 6.38. The number of hydrogen-bond donors (Lipinski definition) is 0. The van der Waals surface area contributed by atoms with E-state index in [0.29, 0.717) is 5.92 Å². The molecule has 3 heterocycles. The molecule has 0 amide bonds. The first kappa shape index (κ1) is 37.8. The molecule has 0 aliphatic heterocycles. The Hall–Kier alpha value is -4.93. The van der Waals surface area contributed by atoms with Gasteiger partial charge in [0.1, 0.15) is 5.58 Å². The molecule has 5 aromatic carbocycles. The number of aromatic nitrogens is 2. The van der Waals surface area contributed by atoms with Crippen LogP contribution in [-0.4, -0.2) is 18.0 Å². The summed E-state index contributed by atoms with van der Waals surface area (Å²) >= 11 is 0. The summed E-state index contributed by atoms with van der Waals surface area (Å²) in [5, 5.41) is 3.61. The Kier molecular flexibility index (Phi) is 12.0. The summed E-state index contributed by atoms with van der Waals surface area (Å²) in [5.41, 5.74) is 11.7. The van der Waals surface area contributed by atoms with Crippen LogP contribution >= 0.6 is 0 Å². The molecule has 3 aromatic heterocycles. The summed E-state index contributed by atoms with van der Waals surface area (Å²) in [5.74, 6) is 0.551. The first-order valence-corrected chi connectivity index (χ1v) is 21.7. The van der Waals surface area contributed by atoms with Crippen LogP contribution in [0.5, 0.6) is 0 Å². The van der Waals surface area contributed by atoms with Gasteiger partial charge in [-0.1, -0.05) is 141 Å². The molecule has 3 nitrogen and oxygen atoms in total. The Morgan fingerprint density at radius 1 is 0.623 bits per heavy atom. The standard InChI is InChI=1S/C28H24NO.C20H20NSi.Ir/c1-3-19(4-2)22-15-16-29-26(17-22)25-12-8-11-24-23-14-13-21(18-27(23)30-28(24)25)20-9-6-5-7-10-20;1-22(2,3)19-12-13-20(21-15-19)18-11-7-10-17(14-18)16-8-5-4-6-9-16;/h5-11,13-19H,3-4H2,1-2H3;4-10,12-15H,1-3H3;/q2*-1;. The van der Waals surface area contributed by atoms with E-state index in [4.69, 9.17) is 4.42 Å². The number of fused-ring (bicyclic) bond motifs is 3. The van der Waals surface area contributed by atoms with Crippen LogP contribution in [0.2, 0.25) is 19.6 Å². The second kappa shape index (κ2) is 16.8. The average molecular weight is 885 g/mol. The van der Waals surface area contributed by atoms with Gasteiger partial charge < -0.3 is 14.4 Å². The zero-order valence-electron chi connectivity index (χ0n) is 31.0. The molecule has 267 valence electrons. The summed E-state index contributed by atoms with van der Waals surface area (Å²) in [6.07, 6.45) is 6.19.